The normalized spacial score (nSPS) is 16.6. The molecular formula is C27H33N8O10S2+. The maximum Gasteiger partial charge on any atom is 0.418 e. The third kappa shape index (κ3) is 8.48. The van der Waals surface area contributed by atoms with Crippen LogP contribution in [0.1, 0.15) is 19.5 Å². The number of pyridine rings is 1. The average Bonchev–Trinajstić information content (AvgIpc) is 3.44. The maximum atomic E-state index is 13.2. The summed E-state index contributed by atoms with van der Waals surface area (Å²) >= 11 is 0.958. The number of nitrogens with one attached hydrogen (secondary N) is 2. The number of ether oxygens (including phenoxy) is 1. The number of anilines is 2. The van der Waals surface area contributed by atoms with Crippen molar-refractivity contribution in [3.05, 3.63) is 53.7 Å². The molecule has 1 aliphatic rings. The first-order valence-corrected chi connectivity index (χ1v) is 16.0. The minimum atomic E-state index is -5.02. The lowest BCUT2D eigenvalue weighted by Crippen LogP contribution is -2.76. The Labute approximate surface area is 272 Å². The van der Waals surface area contributed by atoms with Crippen LogP contribution in [0.4, 0.5) is 10.9 Å². The van der Waals surface area contributed by atoms with Crippen molar-refractivity contribution in [1.82, 2.24) is 15.4 Å². The molecule has 0 saturated carbocycles. The molecule has 2 amide bonds. The Morgan fingerprint density at radius 1 is 1.21 bits per heavy atom. The van der Waals surface area contributed by atoms with Gasteiger partial charge in [0.25, 0.3) is 23.7 Å². The number of aliphatic carboxylic acids is 1. The average molecular weight is 694 g/mol. The fraction of sp³-hybridized carbons (Fsp3) is 0.333. The summed E-state index contributed by atoms with van der Waals surface area (Å²) in [6.07, 6.45) is 0.261. The molecule has 2 atom stereocenters. The van der Waals surface area contributed by atoms with Crippen molar-refractivity contribution in [3.63, 3.8) is 0 Å². The number of aromatic nitrogens is 2. The smallest absolute Gasteiger partial charge is 0.418 e. The van der Waals surface area contributed by atoms with Gasteiger partial charge in [-0.15, -0.1) is 15.6 Å². The lowest BCUT2D eigenvalue weighted by Gasteiger charge is -2.50. The zero-order valence-electron chi connectivity index (χ0n) is 25.3. The number of nitrogens with two attached hydrogens (primary N) is 2. The van der Waals surface area contributed by atoms with Crippen molar-refractivity contribution >= 4 is 56.2 Å². The molecule has 0 radical (unpaired) electrons. The minimum absolute atomic E-state index is 0.0582. The molecule has 20 heteroatoms. The standard InChI is InChI=1S/C27H32N8O10S2/c1-27(2)22(24(37)35(27)45-47(40,41)42)32-23(36)21(18-14-46-26(29)31-18)33-44-19(25(38)39)13-43-17-7-4-15(5-8-17)16-6-9-20(30-11-10-28)34(3)12-16/h4-9,12,14,19,22H,10-11,13,28H2,1-3H3,(H5,29,31,32,36,38,39,40,41,42)/p+1/b33-21-/t19?,22-/m1/s1. The van der Waals surface area contributed by atoms with Crippen molar-refractivity contribution < 1.29 is 50.9 Å². The first-order chi connectivity index (χ1) is 22.1. The number of β-lactam (4-membered cyclic amide) rings is 1. The van der Waals surface area contributed by atoms with Gasteiger partial charge >= 0.3 is 16.4 Å². The number of carbonyl (C=O) groups is 3. The first kappa shape index (κ1) is 35.0. The Kier molecular flexibility index (Phi) is 10.6. The van der Waals surface area contributed by atoms with E-state index in [0.29, 0.717) is 23.9 Å². The zero-order valence-corrected chi connectivity index (χ0v) is 26.9. The van der Waals surface area contributed by atoms with E-state index in [9.17, 15) is 27.9 Å². The van der Waals surface area contributed by atoms with Gasteiger partial charge in [0.2, 0.25) is 0 Å². The Bertz CT molecular complexity index is 1780. The molecule has 8 N–H and O–H groups in total. The molecule has 4 rings (SSSR count). The molecule has 1 saturated heterocycles. The molecule has 3 heterocycles. The third-order valence-corrected chi connectivity index (χ3v) is 7.83. The molecule has 2 aromatic heterocycles. The number of hydroxylamine groups is 2. The van der Waals surface area contributed by atoms with E-state index < -0.39 is 58.2 Å². The predicted molar refractivity (Wildman–Crippen MR) is 167 cm³/mol. The summed E-state index contributed by atoms with van der Waals surface area (Å²) in [5.41, 5.74) is 11.0. The Morgan fingerprint density at radius 2 is 1.89 bits per heavy atom. The summed E-state index contributed by atoms with van der Waals surface area (Å²) < 4.78 is 43.0. The number of amides is 2. The molecule has 0 aliphatic carbocycles. The van der Waals surface area contributed by atoms with Crippen LogP contribution in [0.3, 0.4) is 0 Å². The van der Waals surface area contributed by atoms with Crippen LogP contribution in [0.25, 0.3) is 11.1 Å². The fourth-order valence-electron chi connectivity index (χ4n) is 4.36. The molecule has 47 heavy (non-hydrogen) atoms. The number of aryl methyl sites for hydroxylation is 1. The predicted octanol–water partition coefficient (Wildman–Crippen LogP) is -0.320. The summed E-state index contributed by atoms with van der Waals surface area (Å²) in [4.78, 5) is 46.8. The van der Waals surface area contributed by atoms with Crippen LogP contribution in [-0.2, 0) is 41.0 Å². The number of rotatable bonds is 15. The van der Waals surface area contributed by atoms with Crippen LogP contribution in [0.15, 0.2) is 53.1 Å². The lowest BCUT2D eigenvalue weighted by atomic mass is 9.84. The maximum absolute atomic E-state index is 13.2. The zero-order chi connectivity index (χ0) is 34.5. The highest BCUT2D eigenvalue weighted by atomic mass is 32.3. The molecule has 0 bridgehead atoms. The molecule has 1 fully saturated rings. The summed E-state index contributed by atoms with van der Waals surface area (Å²) in [6, 6.07) is 9.45. The summed E-state index contributed by atoms with van der Waals surface area (Å²) in [7, 11) is -3.12. The van der Waals surface area contributed by atoms with Crippen LogP contribution in [0.2, 0.25) is 0 Å². The quantitative estimate of drug-likeness (QED) is 0.0392. The summed E-state index contributed by atoms with van der Waals surface area (Å²) in [5.74, 6) is -2.23. The van der Waals surface area contributed by atoms with E-state index in [0.717, 1.165) is 28.3 Å². The van der Waals surface area contributed by atoms with Gasteiger partial charge in [0.1, 0.15) is 24.1 Å². The highest BCUT2D eigenvalue weighted by Gasteiger charge is 2.58. The molecule has 3 aromatic rings. The van der Waals surface area contributed by atoms with Gasteiger partial charge in [0, 0.05) is 23.6 Å². The van der Waals surface area contributed by atoms with Crippen LogP contribution >= 0.6 is 11.3 Å². The molecule has 252 valence electrons. The Morgan fingerprint density at radius 3 is 2.45 bits per heavy atom. The van der Waals surface area contributed by atoms with E-state index in [1.54, 1.807) is 24.3 Å². The Balaban J connectivity index is 1.44. The van der Waals surface area contributed by atoms with E-state index in [1.165, 1.54) is 19.2 Å². The molecule has 1 aromatic carbocycles. The fourth-order valence-corrected chi connectivity index (χ4v) is 5.36. The molecule has 1 aliphatic heterocycles. The van der Waals surface area contributed by atoms with Crippen molar-refractivity contribution in [3.8, 4) is 16.9 Å². The summed E-state index contributed by atoms with van der Waals surface area (Å²) in [5, 5.41) is 20.8. The number of carbonyl (C=O) groups excluding carboxylic acids is 2. The van der Waals surface area contributed by atoms with Crippen LogP contribution in [0, 0.1) is 0 Å². The van der Waals surface area contributed by atoms with Gasteiger partial charge in [0.05, 0.1) is 25.3 Å². The Hall–Kier alpha value is -4.89. The van der Waals surface area contributed by atoms with Crippen LogP contribution in [-0.4, -0.2) is 89.0 Å². The monoisotopic (exact) mass is 693 g/mol. The van der Waals surface area contributed by atoms with Gasteiger partial charge in [-0.3, -0.25) is 19.5 Å². The number of nitrogens with zero attached hydrogens (tertiary/aromatic N) is 4. The van der Waals surface area contributed by atoms with Gasteiger partial charge in [-0.25, -0.2) is 14.3 Å². The second-order valence-corrected chi connectivity index (χ2v) is 12.5. The third-order valence-electron chi connectivity index (χ3n) is 6.82. The van der Waals surface area contributed by atoms with Crippen LogP contribution in [0.5, 0.6) is 5.75 Å². The highest BCUT2D eigenvalue weighted by Crippen LogP contribution is 2.33. The highest BCUT2D eigenvalue weighted by molar-refractivity contribution is 7.80. The number of benzene rings is 1. The van der Waals surface area contributed by atoms with E-state index in [1.807, 2.05) is 29.9 Å². The van der Waals surface area contributed by atoms with Crippen molar-refractivity contribution in [2.75, 3.05) is 30.7 Å². The van der Waals surface area contributed by atoms with Gasteiger partial charge in [-0.1, -0.05) is 17.3 Å². The number of carboxylic acid groups (broad SMARTS) is 1. The second-order valence-electron chi connectivity index (χ2n) is 10.6. The van der Waals surface area contributed by atoms with Crippen molar-refractivity contribution in [2.45, 2.75) is 31.5 Å². The van der Waals surface area contributed by atoms with Crippen molar-refractivity contribution in [2.24, 2.45) is 17.9 Å². The molecular weight excluding hydrogens is 660 g/mol. The SMILES string of the molecule is C[n+]1cc(-c2ccc(OCC(O/N=C(\C(=O)N[C@@H]3C(=O)N(OS(=O)(=O)O)C3(C)C)c3csc(N)n3)C(=O)O)cc2)ccc1NCCN. The second kappa shape index (κ2) is 14.3. The number of hydrogen-bond acceptors (Lipinski definition) is 14. The molecule has 18 nitrogen and oxygen atoms in total. The lowest BCUT2D eigenvalue weighted by molar-refractivity contribution is -0.656. The summed E-state index contributed by atoms with van der Waals surface area (Å²) in [6.45, 7) is 3.36. The van der Waals surface area contributed by atoms with E-state index in [-0.39, 0.29) is 10.8 Å². The van der Waals surface area contributed by atoms with Gasteiger partial charge in [0.15, 0.2) is 10.8 Å². The van der Waals surface area contributed by atoms with Gasteiger partial charge < -0.3 is 31.5 Å². The largest absolute Gasteiger partial charge is 0.489 e. The first-order valence-electron chi connectivity index (χ1n) is 13.8. The molecule has 1 unspecified atom stereocenters. The van der Waals surface area contributed by atoms with Gasteiger partial charge in [-0.2, -0.15) is 13.5 Å². The topological polar surface area (TPSA) is 262 Å². The van der Waals surface area contributed by atoms with Gasteiger partial charge in [-0.05, 0) is 37.6 Å². The molecule has 0 spiro atoms. The number of oxime groups is 1. The minimum Gasteiger partial charge on any atom is -0.489 e. The van der Waals surface area contributed by atoms with E-state index >= 15 is 0 Å². The number of thiazole rings is 1. The van der Waals surface area contributed by atoms with Crippen LogP contribution < -0.4 is 31.4 Å². The van der Waals surface area contributed by atoms with Crippen molar-refractivity contribution in [1.29, 1.82) is 0 Å². The number of nitrogen functional groups attached to an aromatic ring is 1. The number of carboxylic acids is 1. The van der Waals surface area contributed by atoms with E-state index in [2.05, 4.69) is 25.1 Å². The van der Waals surface area contributed by atoms with E-state index in [4.69, 9.17) is 25.6 Å². The number of hydrogen-bond donors (Lipinski definition) is 6.